The highest BCUT2D eigenvalue weighted by Crippen LogP contribution is 2.24. The highest BCUT2D eigenvalue weighted by Gasteiger charge is 2.12. The number of benzene rings is 2. The number of hydrogen-bond donors (Lipinski definition) is 2. The molecule has 0 saturated carbocycles. The van der Waals surface area contributed by atoms with Crippen LogP contribution in [0, 0.1) is 10.1 Å². The van der Waals surface area contributed by atoms with Gasteiger partial charge in [0.1, 0.15) is 0 Å². The Morgan fingerprint density at radius 2 is 1.95 bits per heavy atom. The van der Waals surface area contributed by atoms with Crippen molar-refractivity contribution in [3.63, 3.8) is 0 Å². The van der Waals surface area contributed by atoms with Crippen LogP contribution < -0.4 is 16.2 Å². The Hall–Kier alpha value is -2.60. The van der Waals surface area contributed by atoms with Crippen LogP contribution in [0.15, 0.2) is 48.5 Å². The Bertz CT molecular complexity index is 601. The van der Waals surface area contributed by atoms with Gasteiger partial charge >= 0.3 is 0 Å². The van der Waals surface area contributed by atoms with E-state index >= 15 is 0 Å². The SMILES string of the molecule is CN(Cc1cc([N+](=O)[O-])ccc1NN)c1ccccc1. The number of nitrogen functional groups attached to an aromatic ring is 1. The van der Waals surface area contributed by atoms with Crippen molar-refractivity contribution < 1.29 is 4.92 Å². The maximum absolute atomic E-state index is 10.8. The maximum Gasteiger partial charge on any atom is 0.269 e. The average Bonchev–Trinajstić information content (AvgIpc) is 2.48. The lowest BCUT2D eigenvalue weighted by atomic mass is 10.1. The number of para-hydroxylation sites is 1. The van der Waals surface area contributed by atoms with E-state index in [1.807, 2.05) is 42.3 Å². The summed E-state index contributed by atoms with van der Waals surface area (Å²) in [5, 5.41) is 10.8. The molecule has 0 radical (unpaired) electrons. The smallest absolute Gasteiger partial charge is 0.269 e. The van der Waals surface area contributed by atoms with E-state index in [1.165, 1.54) is 12.1 Å². The number of nitrogens with one attached hydrogen (secondary N) is 1. The molecule has 6 nitrogen and oxygen atoms in total. The minimum absolute atomic E-state index is 0.0560. The fourth-order valence-corrected chi connectivity index (χ4v) is 1.99. The van der Waals surface area contributed by atoms with E-state index in [1.54, 1.807) is 6.07 Å². The van der Waals surface area contributed by atoms with E-state index in [0.717, 1.165) is 11.3 Å². The molecule has 0 aliphatic rings. The standard InChI is InChI=1S/C14H16N4O2/c1-17(12-5-3-2-4-6-12)10-11-9-13(18(19)20)7-8-14(11)16-15/h2-9,16H,10,15H2,1H3. The van der Waals surface area contributed by atoms with Crippen molar-refractivity contribution >= 4 is 17.1 Å². The Morgan fingerprint density at radius 1 is 1.25 bits per heavy atom. The number of nitro benzene ring substituents is 1. The topological polar surface area (TPSA) is 84.4 Å². The molecule has 6 heteroatoms. The highest BCUT2D eigenvalue weighted by atomic mass is 16.6. The molecule has 0 amide bonds. The molecule has 0 saturated heterocycles. The molecule has 0 unspecified atom stereocenters. The monoisotopic (exact) mass is 272 g/mol. The number of anilines is 2. The quantitative estimate of drug-likeness (QED) is 0.496. The van der Waals surface area contributed by atoms with Crippen LogP contribution in [-0.4, -0.2) is 12.0 Å². The number of nitrogens with zero attached hydrogens (tertiary/aromatic N) is 2. The molecule has 0 bridgehead atoms. The summed E-state index contributed by atoms with van der Waals surface area (Å²) in [7, 11) is 1.93. The molecule has 0 fully saturated rings. The molecular formula is C14H16N4O2. The molecule has 0 heterocycles. The first-order valence-corrected chi connectivity index (χ1v) is 6.12. The first-order chi connectivity index (χ1) is 9.61. The number of nitro groups is 1. The highest BCUT2D eigenvalue weighted by molar-refractivity contribution is 5.57. The van der Waals surface area contributed by atoms with E-state index in [2.05, 4.69) is 5.43 Å². The number of hydrazine groups is 1. The average molecular weight is 272 g/mol. The molecule has 0 aromatic heterocycles. The van der Waals surface area contributed by atoms with Gasteiger partial charge in [-0.15, -0.1) is 0 Å². The Labute approximate surface area is 116 Å². The van der Waals surface area contributed by atoms with Crippen LogP contribution in [0.3, 0.4) is 0 Å². The maximum atomic E-state index is 10.8. The summed E-state index contributed by atoms with van der Waals surface area (Å²) in [5.41, 5.74) is 5.11. The van der Waals surface area contributed by atoms with Crippen LogP contribution in [0.4, 0.5) is 17.1 Å². The van der Waals surface area contributed by atoms with Crippen molar-refractivity contribution in [3.05, 3.63) is 64.2 Å². The zero-order valence-electron chi connectivity index (χ0n) is 11.1. The minimum Gasteiger partial charge on any atom is -0.370 e. The molecule has 0 spiro atoms. The molecule has 104 valence electrons. The van der Waals surface area contributed by atoms with Gasteiger partial charge < -0.3 is 10.3 Å². The van der Waals surface area contributed by atoms with Crippen LogP contribution in [0.2, 0.25) is 0 Å². The second kappa shape index (κ2) is 6.03. The van der Waals surface area contributed by atoms with Gasteiger partial charge in [0.25, 0.3) is 5.69 Å². The molecule has 0 aliphatic heterocycles. The predicted octanol–water partition coefficient (Wildman–Crippen LogP) is 2.52. The molecule has 2 aromatic rings. The molecule has 0 aliphatic carbocycles. The van der Waals surface area contributed by atoms with Gasteiger partial charge in [0.2, 0.25) is 0 Å². The summed E-state index contributed by atoms with van der Waals surface area (Å²) in [6, 6.07) is 14.4. The van der Waals surface area contributed by atoms with E-state index in [4.69, 9.17) is 5.84 Å². The van der Waals surface area contributed by atoms with Gasteiger partial charge in [0.15, 0.2) is 0 Å². The van der Waals surface area contributed by atoms with Crippen molar-refractivity contribution in [2.45, 2.75) is 6.54 Å². The summed E-state index contributed by atoms with van der Waals surface area (Å²) in [5.74, 6) is 5.45. The molecule has 20 heavy (non-hydrogen) atoms. The lowest BCUT2D eigenvalue weighted by molar-refractivity contribution is -0.384. The first-order valence-electron chi connectivity index (χ1n) is 6.12. The van der Waals surface area contributed by atoms with Gasteiger partial charge in [-0.1, -0.05) is 18.2 Å². The molecule has 0 atom stereocenters. The fourth-order valence-electron chi connectivity index (χ4n) is 1.99. The molecule has 3 N–H and O–H groups in total. The summed E-state index contributed by atoms with van der Waals surface area (Å²) < 4.78 is 0. The zero-order chi connectivity index (χ0) is 14.5. The third-order valence-corrected chi connectivity index (χ3v) is 3.06. The first kappa shape index (κ1) is 13.8. The van der Waals surface area contributed by atoms with E-state index in [-0.39, 0.29) is 5.69 Å². The van der Waals surface area contributed by atoms with Crippen molar-refractivity contribution in [1.82, 2.24) is 0 Å². The van der Waals surface area contributed by atoms with Gasteiger partial charge in [0.05, 0.1) is 10.6 Å². The van der Waals surface area contributed by atoms with Crippen molar-refractivity contribution in [2.24, 2.45) is 5.84 Å². The van der Waals surface area contributed by atoms with Crippen molar-refractivity contribution in [2.75, 3.05) is 17.4 Å². The predicted molar refractivity (Wildman–Crippen MR) is 79.5 cm³/mol. The van der Waals surface area contributed by atoms with E-state index in [0.29, 0.717) is 12.2 Å². The third kappa shape index (κ3) is 3.04. The largest absolute Gasteiger partial charge is 0.370 e. The molecular weight excluding hydrogens is 256 g/mol. The fraction of sp³-hybridized carbons (Fsp3) is 0.143. The number of hydrogen-bond acceptors (Lipinski definition) is 5. The second-order valence-electron chi connectivity index (χ2n) is 4.43. The Balaban J connectivity index is 2.27. The lowest BCUT2D eigenvalue weighted by Crippen LogP contribution is -2.19. The molecule has 2 rings (SSSR count). The molecule has 2 aromatic carbocycles. The van der Waals surface area contributed by atoms with Crippen LogP contribution in [-0.2, 0) is 6.54 Å². The van der Waals surface area contributed by atoms with Crippen molar-refractivity contribution in [1.29, 1.82) is 0 Å². The van der Waals surface area contributed by atoms with Crippen LogP contribution in [0.25, 0.3) is 0 Å². The van der Waals surface area contributed by atoms with Crippen LogP contribution >= 0.6 is 0 Å². The van der Waals surface area contributed by atoms with Gasteiger partial charge in [-0.25, -0.2) is 0 Å². The van der Waals surface area contributed by atoms with Gasteiger partial charge in [-0.05, 0) is 18.2 Å². The summed E-state index contributed by atoms with van der Waals surface area (Å²) >= 11 is 0. The number of non-ortho nitro benzene ring substituents is 1. The van der Waals surface area contributed by atoms with E-state index in [9.17, 15) is 10.1 Å². The number of nitrogens with two attached hydrogens (primary N) is 1. The van der Waals surface area contributed by atoms with Crippen molar-refractivity contribution in [3.8, 4) is 0 Å². The normalized spacial score (nSPS) is 10.1. The zero-order valence-corrected chi connectivity index (χ0v) is 11.1. The van der Waals surface area contributed by atoms with Gasteiger partial charge in [-0.3, -0.25) is 16.0 Å². The van der Waals surface area contributed by atoms with Crippen LogP contribution in [0.5, 0.6) is 0 Å². The second-order valence-corrected chi connectivity index (χ2v) is 4.43. The number of rotatable bonds is 5. The summed E-state index contributed by atoms with van der Waals surface area (Å²) in [4.78, 5) is 12.4. The summed E-state index contributed by atoms with van der Waals surface area (Å²) in [6.07, 6.45) is 0. The lowest BCUT2D eigenvalue weighted by Gasteiger charge is -2.20. The third-order valence-electron chi connectivity index (χ3n) is 3.06. The Morgan fingerprint density at radius 3 is 2.55 bits per heavy atom. The van der Waals surface area contributed by atoms with Gasteiger partial charge in [0, 0.05) is 37.0 Å². The summed E-state index contributed by atoms with van der Waals surface area (Å²) in [6.45, 7) is 0.519. The minimum atomic E-state index is -0.410. The van der Waals surface area contributed by atoms with Gasteiger partial charge in [-0.2, -0.15) is 0 Å². The Kier molecular flexibility index (Phi) is 4.17. The van der Waals surface area contributed by atoms with Crippen LogP contribution in [0.1, 0.15) is 5.56 Å². The van der Waals surface area contributed by atoms with E-state index < -0.39 is 4.92 Å².